The van der Waals surface area contributed by atoms with Crippen molar-refractivity contribution in [2.75, 3.05) is 14.1 Å². The second kappa shape index (κ2) is 9.35. The van der Waals surface area contributed by atoms with Crippen LogP contribution < -0.4 is 0 Å². The maximum Gasteiger partial charge on any atom is 0.0550 e. The number of pyridine rings is 2. The third kappa shape index (κ3) is 4.52. The van der Waals surface area contributed by atoms with Gasteiger partial charge in [0.1, 0.15) is 0 Å². The van der Waals surface area contributed by atoms with Crippen LogP contribution >= 0.6 is 0 Å². The van der Waals surface area contributed by atoms with Crippen LogP contribution in [0.4, 0.5) is 0 Å². The van der Waals surface area contributed by atoms with Crippen LogP contribution in [0.3, 0.4) is 0 Å². The van der Waals surface area contributed by atoms with Crippen molar-refractivity contribution in [2.45, 2.75) is 50.9 Å². The molecule has 0 aliphatic heterocycles. The monoisotopic (exact) mass is 424 g/mol. The summed E-state index contributed by atoms with van der Waals surface area (Å²) in [5, 5.41) is 4.95. The van der Waals surface area contributed by atoms with Gasteiger partial charge in [-0.15, -0.1) is 0 Å². The van der Waals surface area contributed by atoms with Crippen LogP contribution in [-0.4, -0.2) is 45.9 Å². The highest BCUT2D eigenvalue weighted by atomic mass is 15.2. The van der Waals surface area contributed by atoms with Gasteiger partial charge in [-0.3, -0.25) is 19.8 Å². The first-order valence-electron chi connectivity index (χ1n) is 11.8. The van der Waals surface area contributed by atoms with Gasteiger partial charge < -0.3 is 0 Å². The van der Waals surface area contributed by atoms with E-state index in [2.05, 4.69) is 84.6 Å². The first-order chi connectivity index (χ1) is 15.7. The first kappa shape index (κ1) is 21.0. The van der Waals surface area contributed by atoms with Gasteiger partial charge in [-0.05, 0) is 49.8 Å². The second-order valence-electron chi connectivity index (χ2n) is 9.29. The minimum Gasteiger partial charge on any atom is -0.296 e. The van der Waals surface area contributed by atoms with Crippen molar-refractivity contribution in [1.29, 1.82) is 0 Å². The van der Waals surface area contributed by atoms with E-state index >= 15 is 0 Å². The Balaban J connectivity index is 1.30. The molecule has 0 radical (unpaired) electrons. The quantitative estimate of drug-likeness (QED) is 0.400. The molecule has 1 fully saturated rings. The molecular formula is C28H32N4. The van der Waals surface area contributed by atoms with E-state index in [0.29, 0.717) is 12.1 Å². The summed E-state index contributed by atoms with van der Waals surface area (Å²) < 4.78 is 0. The van der Waals surface area contributed by atoms with E-state index in [0.717, 1.165) is 24.5 Å². The number of aromatic nitrogens is 2. The largest absolute Gasteiger partial charge is 0.296 e. The summed E-state index contributed by atoms with van der Waals surface area (Å²) in [4.78, 5) is 14.5. The summed E-state index contributed by atoms with van der Waals surface area (Å²) in [7, 11) is 4.53. The lowest BCUT2D eigenvalue weighted by atomic mass is 9.88. The molecule has 4 aromatic rings. The molecule has 164 valence electrons. The summed E-state index contributed by atoms with van der Waals surface area (Å²) in [5.41, 5.74) is 2.30. The van der Waals surface area contributed by atoms with Gasteiger partial charge in [0.2, 0.25) is 0 Å². The van der Waals surface area contributed by atoms with Gasteiger partial charge in [0, 0.05) is 48.3 Å². The van der Waals surface area contributed by atoms with Gasteiger partial charge in [-0.25, -0.2) is 0 Å². The van der Waals surface area contributed by atoms with E-state index in [1.54, 1.807) is 0 Å². The molecule has 2 heterocycles. The Morgan fingerprint density at radius 1 is 0.656 bits per heavy atom. The number of benzene rings is 2. The fourth-order valence-corrected chi connectivity index (χ4v) is 5.30. The predicted octanol–water partition coefficient (Wildman–Crippen LogP) is 5.66. The van der Waals surface area contributed by atoms with Gasteiger partial charge in [0.25, 0.3) is 0 Å². The summed E-state index contributed by atoms with van der Waals surface area (Å²) in [6, 6.07) is 22.5. The summed E-state index contributed by atoms with van der Waals surface area (Å²) in [6.45, 7) is 1.77. The molecule has 32 heavy (non-hydrogen) atoms. The normalized spacial score (nSPS) is 19.2. The lowest BCUT2D eigenvalue weighted by molar-refractivity contribution is 0.0680. The minimum absolute atomic E-state index is 0.530. The number of hydrogen-bond acceptors (Lipinski definition) is 4. The van der Waals surface area contributed by atoms with E-state index in [1.165, 1.54) is 47.2 Å². The number of hydrogen-bond donors (Lipinski definition) is 0. The Labute approximate surface area is 190 Å². The topological polar surface area (TPSA) is 32.3 Å². The van der Waals surface area contributed by atoms with Crippen LogP contribution in [0.25, 0.3) is 21.5 Å². The van der Waals surface area contributed by atoms with Crippen molar-refractivity contribution in [3.8, 4) is 0 Å². The molecule has 0 N–H and O–H groups in total. The molecule has 2 atom stereocenters. The third-order valence-corrected chi connectivity index (χ3v) is 7.02. The van der Waals surface area contributed by atoms with Crippen LogP contribution in [0, 0.1) is 0 Å². The zero-order chi connectivity index (χ0) is 21.9. The molecule has 0 bridgehead atoms. The lowest BCUT2D eigenvalue weighted by Crippen LogP contribution is -2.50. The maximum atomic E-state index is 4.74. The average molecular weight is 425 g/mol. The number of rotatable bonds is 6. The van der Waals surface area contributed by atoms with Gasteiger partial charge in [-0.2, -0.15) is 0 Å². The van der Waals surface area contributed by atoms with Crippen LogP contribution in [0.1, 0.15) is 37.1 Å². The van der Waals surface area contributed by atoms with Crippen LogP contribution in [0.2, 0.25) is 0 Å². The zero-order valence-electron chi connectivity index (χ0n) is 19.1. The standard InChI is InChI=1S/C28H32N4/c1-31(19-25-15-21-9-3-5-11-23(21)17-29-25)27-13-7-8-14-28(27)32(2)20-26-16-22-10-4-6-12-24(22)18-30-26/h3-6,9-12,15-18,27-28H,7-8,13-14,19-20H2,1-2H3/t27-,28-/m1/s1. The molecule has 0 unspecified atom stereocenters. The van der Waals surface area contributed by atoms with E-state index < -0.39 is 0 Å². The highest BCUT2D eigenvalue weighted by Crippen LogP contribution is 2.28. The van der Waals surface area contributed by atoms with Crippen molar-refractivity contribution in [1.82, 2.24) is 19.8 Å². The smallest absolute Gasteiger partial charge is 0.0550 e. The van der Waals surface area contributed by atoms with Crippen molar-refractivity contribution in [3.05, 3.63) is 84.4 Å². The van der Waals surface area contributed by atoms with Crippen molar-refractivity contribution < 1.29 is 0 Å². The Kier molecular flexibility index (Phi) is 6.15. The Bertz CT molecular complexity index is 1110. The molecule has 2 aromatic heterocycles. The molecule has 4 heteroatoms. The van der Waals surface area contributed by atoms with Crippen LogP contribution in [-0.2, 0) is 13.1 Å². The maximum absolute atomic E-state index is 4.74. The predicted molar refractivity (Wildman–Crippen MR) is 132 cm³/mol. The van der Waals surface area contributed by atoms with Crippen LogP contribution in [0.5, 0.6) is 0 Å². The highest BCUT2D eigenvalue weighted by Gasteiger charge is 2.31. The molecule has 1 saturated carbocycles. The van der Waals surface area contributed by atoms with E-state index in [-0.39, 0.29) is 0 Å². The Morgan fingerprint density at radius 3 is 1.50 bits per heavy atom. The number of fused-ring (bicyclic) bond motifs is 2. The molecule has 5 rings (SSSR count). The van der Waals surface area contributed by atoms with Crippen molar-refractivity contribution >= 4 is 21.5 Å². The van der Waals surface area contributed by atoms with Gasteiger partial charge in [0.15, 0.2) is 0 Å². The molecule has 0 amide bonds. The van der Waals surface area contributed by atoms with Gasteiger partial charge in [-0.1, -0.05) is 61.4 Å². The van der Waals surface area contributed by atoms with E-state index in [4.69, 9.17) is 9.97 Å². The highest BCUT2D eigenvalue weighted by molar-refractivity contribution is 5.82. The van der Waals surface area contributed by atoms with Crippen molar-refractivity contribution in [2.24, 2.45) is 0 Å². The molecule has 2 aromatic carbocycles. The fourth-order valence-electron chi connectivity index (χ4n) is 5.30. The molecule has 0 spiro atoms. The SMILES string of the molecule is CN(Cc1cc2ccccc2cn1)[C@@H]1CCCC[C@H]1N(C)Cc1cc2ccccc2cn1. The first-order valence-corrected chi connectivity index (χ1v) is 11.8. The minimum atomic E-state index is 0.530. The van der Waals surface area contributed by atoms with Gasteiger partial charge >= 0.3 is 0 Å². The molecular weight excluding hydrogens is 392 g/mol. The Hall–Kier alpha value is -2.82. The number of likely N-dealkylation sites (N-methyl/N-ethyl adjacent to an activating group) is 2. The van der Waals surface area contributed by atoms with Crippen molar-refractivity contribution in [3.63, 3.8) is 0 Å². The van der Waals surface area contributed by atoms with Gasteiger partial charge in [0.05, 0.1) is 11.4 Å². The van der Waals surface area contributed by atoms with E-state index in [9.17, 15) is 0 Å². The lowest BCUT2D eigenvalue weighted by Gasteiger charge is -2.42. The van der Waals surface area contributed by atoms with Crippen LogP contribution in [0.15, 0.2) is 73.1 Å². The summed E-state index contributed by atoms with van der Waals surface area (Å²) in [6.07, 6.45) is 9.11. The fraction of sp³-hybridized carbons (Fsp3) is 0.357. The average Bonchev–Trinajstić information content (AvgIpc) is 2.84. The number of nitrogens with zero attached hydrogens (tertiary/aromatic N) is 4. The second-order valence-corrected chi connectivity index (χ2v) is 9.29. The third-order valence-electron chi connectivity index (χ3n) is 7.02. The zero-order valence-corrected chi connectivity index (χ0v) is 19.1. The Morgan fingerprint density at radius 2 is 1.06 bits per heavy atom. The molecule has 0 saturated heterocycles. The molecule has 4 nitrogen and oxygen atoms in total. The molecule has 1 aliphatic rings. The summed E-state index contributed by atoms with van der Waals surface area (Å²) in [5.74, 6) is 0. The molecule has 1 aliphatic carbocycles. The summed E-state index contributed by atoms with van der Waals surface area (Å²) >= 11 is 0. The van der Waals surface area contributed by atoms with E-state index in [1.807, 2.05) is 12.4 Å².